The summed E-state index contributed by atoms with van der Waals surface area (Å²) in [5, 5.41) is 0. The monoisotopic (exact) mass is 250 g/mol. The van der Waals surface area contributed by atoms with Crippen LogP contribution in [0.5, 0.6) is 6.01 Å². The zero-order valence-corrected chi connectivity index (χ0v) is 10.5. The molecule has 1 aliphatic carbocycles. The number of hydrogen-bond donors (Lipinski definition) is 1. The largest absolute Gasteiger partial charge is 0.467 e. The van der Waals surface area contributed by atoms with Gasteiger partial charge in [0.1, 0.15) is 0 Å². The third-order valence-electron chi connectivity index (χ3n) is 3.46. The van der Waals surface area contributed by atoms with Gasteiger partial charge in [-0.25, -0.2) is 0 Å². The van der Waals surface area contributed by atoms with Gasteiger partial charge in [-0.05, 0) is 12.8 Å². The second-order valence-corrected chi connectivity index (χ2v) is 4.73. The number of nitrogens with two attached hydrogens (primary N) is 1. The fourth-order valence-corrected chi connectivity index (χ4v) is 2.32. The fraction of sp³-hybridized carbons (Fsp3) is 0.727. The molecule has 0 unspecified atom stereocenters. The predicted octanol–water partition coefficient (Wildman–Crippen LogP) is -0.253. The van der Waals surface area contributed by atoms with Gasteiger partial charge in [-0.3, -0.25) is 4.90 Å². The van der Waals surface area contributed by atoms with Crippen molar-refractivity contribution in [3.8, 4) is 6.01 Å². The van der Waals surface area contributed by atoms with Gasteiger partial charge in [0, 0.05) is 32.2 Å². The maximum atomic E-state index is 5.65. The Morgan fingerprint density at radius 1 is 1.11 bits per heavy atom. The van der Waals surface area contributed by atoms with Gasteiger partial charge < -0.3 is 15.4 Å². The summed E-state index contributed by atoms with van der Waals surface area (Å²) in [6.07, 6.45) is 2.71. The first kappa shape index (κ1) is 11.5. The number of aromatic nitrogens is 3. The summed E-state index contributed by atoms with van der Waals surface area (Å²) in [6.45, 7) is 4.00. The number of rotatable bonds is 3. The van der Waals surface area contributed by atoms with Gasteiger partial charge >= 0.3 is 6.01 Å². The summed E-state index contributed by atoms with van der Waals surface area (Å²) >= 11 is 0. The Morgan fingerprint density at radius 2 is 1.83 bits per heavy atom. The van der Waals surface area contributed by atoms with E-state index in [2.05, 4.69) is 24.8 Å². The van der Waals surface area contributed by atoms with E-state index in [0.717, 1.165) is 32.2 Å². The lowest BCUT2D eigenvalue weighted by atomic mass is 10.3. The molecule has 1 aromatic rings. The summed E-state index contributed by atoms with van der Waals surface area (Å²) < 4.78 is 5.02. The first-order chi connectivity index (χ1) is 8.76. The molecule has 0 spiro atoms. The highest BCUT2D eigenvalue weighted by Crippen LogP contribution is 2.28. The predicted molar refractivity (Wildman–Crippen MR) is 67.6 cm³/mol. The maximum Gasteiger partial charge on any atom is 0.322 e. The molecule has 0 aromatic carbocycles. The summed E-state index contributed by atoms with van der Waals surface area (Å²) in [6, 6.07) is 1.10. The number of methoxy groups -OCH3 is 1. The summed E-state index contributed by atoms with van der Waals surface area (Å²) in [5.74, 6) is 0.830. The topological polar surface area (TPSA) is 80.4 Å². The molecule has 1 saturated heterocycles. The van der Waals surface area contributed by atoms with Crippen LogP contribution in [0.3, 0.4) is 0 Å². The van der Waals surface area contributed by atoms with E-state index in [1.807, 2.05) is 0 Å². The lowest BCUT2D eigenvalue weighted by Crippen LogP contribution is -2.47. The number of nitrogens with zero attached hydrogens (tertiary/aromatic N) is 5. The minimum Gasteiger partial charge on any atom is -0.467 e. The molecule has 7 heteroatoms. The number of nitrogen functional groups attached to an aromatic ring is 1. The minimum absolute atomic E-state index is 0.210. The Kier molecular flexibility index (Phi) is 2.91. The van der Waals surface area contributed by atoms with Crippen molar-refractivity contribution in [2.45, 2.75) is 18.9 Å². The molecular formula is C11H18N6O. The van der Waals surface area contributed by atoms with Gasteiger partial charge in [0.25, 0.3) is 0 Å². The first-order valence-corrected chi connectivity index (χ1v) is 6.31. The van der Waals surface area contributed by atoms with Gasteiger partial charge in [-0.15, -0.1) is 0 Å². The van der Waals surface area contributed by atoms with E-state index in [4.69, 9.17) is 10.5 Å². The molecule has 2 aliphatic rings. The van der Waals surface area contributed by atoms with Crippen LogP contribution in [0.2, 0.25) is 0 Å². The van der Waals surface area contributed by atoms with Crippen LogP contribution in [0, 0.1) is 0 Å². The molecule has 18 heavy (non-hydrogen) atoms. The number of anilines is 2. The highest BCUT2D eigenvalue weighted by molar-refractivity contribution is 5.36. The Balaban J connectivity index is 1.69. The molecule has 1 saturated carbocycles. The number of ether oxygens (including phenoxy) is 1. The van der Waals surface area contributed by atoms with Gasteiger partial charge in [-0.2, -0.15) is 15.0 Å². The third kappa shape index (κ3) is 2.31. The second-order valence-electron chi connectivity index (χ2n) is 4.73. The SMILES string of the molecule is COc1nc(N)nc(N2CCN(C3CC3)CC2)n1. The molecule has 3 rings (SSSR count). The van der Waals surface area contributed by atoms with E-state index < -0.39 is 0 Å². The third-order valence-corrected chi connectivity index (χ3v) is 3.46. The van der Waals surface area contributed by atoms with Crippen molar-refractivity contribution in [3.05, 3.63) is 0 Å². The van der Waals surface area contributed by atoms with Crippen LogP contribution in [0.1, 0.15) is 12.8 Å². The smallest absolute Gasteiger partial charge is 0.322 e. The van der Waals surface area contributed by atoms with Crippen LogP contribution in [0.15, 0.2) is 0 Å². The molecule has 1 aromatic heterocycles. The zero-order valence-electron chi connectivity index (χ0n) is 10.5. The van der Waals surface area contributed by atoms with Crippen LogP contribution in [-0.4, -0.2) is 59.2 Å². The molecule has 2 N–H and O–H groups in total. The average Bonchev–Trinajstić information content (AvgIpc) is 3.22. The van der Waals surface area contributed by atoms with Crippen molar-refractivity contribution in [3.63, 3.8) is 0 Å². The van der Waals surface area contributed by atoms with Crippen molar-refractivity contribution in [1.29, 1.82) is 0 Å². The molecule has 0 atom stereocenters. The minimum atomic E-state index is 0.210. The highest BCUT2D eigenvalue weighted by Gasteiger charge is 2.31. The summed E-state index contributed by atoms with van der Waals surface area (Å²) in [5.41, 5.74) is 5.65. The fourth-order valence-electron chi connectivity index (χ4n) is 2.32. The van der Waals surface area contributed by atoms with Crippen LogP contribution in [0.25, 0.3) is 0 Å². The lowest BCUT2D eigenvalue weighted by Gasteiger charge is -2.34. The van der Waals surface area contributed by atoms with Crippen molar-refractivity contribution in [1.82, 2.24) is 19.9 Å². The van der Waals surface area contributed by atoms with Gasteiger partial charge in [-0.1, -0.05) is 0 Å². The molecule has 2 fully saturated rings. The van der Waals surface area contributed by atoms with Crippen molar-refractivity contribution >= 4 is 11.9 Å². The van der Waals surface area contributed by atoms with E-state index in [1.165, 1.54) is 20.0 Å². The summed E-state index contributed by atoms with van der Waals surface area (Å²) in [7, 11) is 1.53. The van der Waals surface area contributed by atoms with Gasteiger partial charge in [0.05, 0.1) is 7.11 Å². The molecule has 0 amide bonds. The van der Waals surface area contributed by atoms with Crippen LogP contribution < -0.4 is 15.4 Å². The molecule has 1 aliphatic heterocycles. The number of hydrogen-bond acceptors (Lipinski definition) is 7. The van der Waals surface area contributed by atoms with E-state index in [0.29, 0.717) is 5.95 Å². The van der Waals surface area contributed by atoms with E-state index in [1.54, 1.807) is 0 Å². The van der Waals surface area contributed by atoms with Crippen LogP contribution >= 0.6 is 0 Å². The molecule has 7 nitrogen and oxygen atoms in total. The van der Waals surface area contributed by atoms with Gasteiger partial charge in [0.2, 0.25) is 11.9 Å². The lowest BCUT2D eigenvalue weighted by molar-refractivity contribution is 0.246. The zero-order chi connectivity index (χ0) is 12.5. The van der Waals surface area contributed by atoms with Gasteiger partial charge in [0.15, 0.2) is 0 Å². The van der Waals surface area contributed by atoms with Crippen molar-refractivity contribution < 1.29 is 4.74 Å². The molecule has 98 valence electrons. The van der Waals surface area contributed by atoms with E-state index >= 15 is 0 Å². The normalized spacial score (nSPS) is 21.1. The highest BCUT2D eigenvalue weighted by atomic mass is 16.5. The van der Waals surface area contributed by atoms with Crippen molar-refractivity contribution in [2.75, 3.05) is 43.9 Å². The average molecular weight is 250 g/mol. The number of piperazine rings is 1. The quantitative estimate of drug-likeness (QED) is 0.792. The Morgan fingerprint density at radius 3 is 2.44 bits per heavy atom. The van der Waals surface area contributed by atoms with Crippen LogP contribution in [0.4, 0.5) is 11.9 Å². The molecule has 0 radical (unpaired) electrons. The summed E-state index contributed by atoms with van der Waals surface area (Å²) in [4.78, 5) is 17.0. The standard InChI is InChI=1S/C11H18N6O/c1-18-11-14-9(12)13-10(15-11)17-6-4-16(5-7-17)8-2-3-8/h8H,2-7H2,1H3,(H2,12,13,14,15). The second kappa shape index (κ2) is 4.56. The molecular weight excluding hydrogens is 232 g/mol. The molecule has 2 heterocycles. The van der Waals surface area contributed by atoms with E-state index in [-0.39, 0.29) is 12.0 Å². The molecule has 0 bridgehead atoms. The Labute approximate surface area is 106 Å². The van der Waals surface area contributed by atoms with Crippen molar-refractivity contribution in [2.24, 2.45) is 0 Å². The Hall–Kier alpha value is -1.63. The van der Waals surface area contributed by atoms with Crippen LogP contribution in [-0.2, 0) is 0 Å². The Bertz CT molecular complexity index is 428. The maximum absolute atomic E-state index is 5.65. The first-order valence-electron chi connectivity index (χ1n) is 6.31. The van der Waals surface area contributed by atoms with E-state index in [9.17, 15) is 0 Å².